The molecule has 0 aliphatic carbocycles. The number of halogens is 4. The molecule has 3 aliphatic rings. The number of nitriles is 1. The third-order valence-corrected chi connectivity index (χ3v) is 7.61. The van der Waals surface area contributed by atoms with Crippen LogP contribution in [0.25, 0.3) is 5.70 Å². The lowest BCUT2D eigenvalue weighted by molar-refractivity contribution is -0.274. The van der Waals surface area contributed by atoms with Gasteiger partial charge in [-0.05, 0) is 49.1 Å². The van der Waals surface area contributed by atoms with E-state index in [1.54, 1.807) is 34.1 Å². The SMILES string of the molecule is N#CC1CCN(C(=O)N2CC(C3=NC(c4cccc(F)c4)=CC3)CC(c3ccc(OC(F)(F)F)cc3)C2)CC1. The Morgan fingerprint density at radius 2 is 1.74 bits per heavy atom. The highest BCUT2D eigenvalue weighted by Gasteiger charge is 2.37. The molecule has 0 saturated carbocycles. The van der Waals surface area contributed by atoms with Crippen LogP contribution in [0.1, 0.15) is 42.7 Å². The van der Waals surface area contributed by atoms with Gasteiger partial charge in [-0.15, -0.1) is 13.2 Å². The lowest BCUT2D eigenvalue weighted by Gasteiger charge is -2.41. The Morgan fingerprint density at radius 3 is 2.41 bits per heavy atom. The molecule has 2 saturated heterocycles. The van der Waals surface area contributed by atoms with Crippen LogP contribution in [0.2, 0.25) is 0 Å². The number of rotatable bonds is 4. The van der Waals surface area contributed by atoms with Gasteiger partial charge < -0.3 is 14.5 Å². The first-order chi connectivity index (χ1) is 18.7. The van der Waals surface area contributed by atoms with Crippen molar-refractivity contribution in [2.45, 2.75) is 38.0 Å². The van der Waals surface area contributed by atoms with Crippen LogP contribution in [0.15, 0.2) is 59.6 Å². The van der Waals surface area contributed by atoms with Gasteiger partial charge >= 0.3 is 12.4 Å². The average molecular weight is 541 g/mol. The summed E-state index contributed by atoms with van der Waals surface area (Å²) in [6.45, 7) is 1.91. The van der Waals surface area contributed by atoms with Crippen LogP contribution in [-0.4, -0.2) is 54.1 Å². The zero-order valence-electron chi connectivity index (χ0n) is 21.2. The molecule has 2 unspecified atom stereocenters. The number of piperidine rings is 2. The maximum Gasteiger partial charge on any atom is 0.573 e. The van der Waals surface area contributed by atoms with Gasteiger partial charge in [0.1, 0.15) is 11.6 Å². The molecule has 204 valence electrons. The Hall–Kier alpha value is -3.87. The Bertz CT molecular complexity index is 1310. The maximum atomic E-state index is 13.8. The van der Waals surface area contributed by atoms with E-state index in [1.807, 2.05) is 6.08 Å². The van der Waals surface area contributed by atoms with E-state index in [-0.39, 0.29) is 35.4 Å². The van der Waals surface area contributed by atoms with Gasteiger partial charge in [0.25, 0.3) is 0 Å². The molecule has 5 rings (SSSR count). The summed E-state index contributed by atoms with van der Waals surface area (Å²) in [5.74, 6) is -0.878. The van der Waals surface area contributed by atoms with Crippen LogP contribution in [0.3, 0.4) is 0 Å². The molecule has 0 spiro atoms. The number of benzene rings is 2. The van der Waals surface area contributed by atoms with Gasteiger partial charge in [-0.25, -0.2) is 9.18 Å². The number of hydrogen-bond donors (Lipinski definition) is 0. The fourth-order valence-electron chi connectivity index (χ4n) is 5.62. The van der Waals surface area contributed by atoms with Gasteiger partial charge in [0, 0.05) is 61.6 Å². The molecule has 3 aliphatic heterocycles. The summed E-state index contributed by atoms with van der Waals surface area (Å²) in [5.41, 5.74) is 3.09. The van der Waals surface area contributed by atoms with Gasteiger partial charge in [-0.1, -0.05) is 30.3 Å². The first-order valence-electron chi connectivity index (χ1n) is 13.0. The third kappa shape index (κ3) is 6.41. The summed E-state index contributed by atoms with van der Waals surface area (Å²) < 4.78 is 55.7. The van der Waals surface area contributed by atoms with E-state index in [0.717, 1.165) is 11.3 Å². The summed E-state index contributed by atoms with van der Waals surface area (Å²) in [4.78, 5) is 21.9. The summed E-state index contributed by atoms with van der Waals surface area (Å²) in [6.07, 6.45) is -0.295. The highest BCUT2D eigenvalue weighted by molar-refractivity contribution is 5.97. The predicted octanol–water partition coefficient (Wildman–Crippen LogP) is 6.37. The quantitative estimate of drug-likeness (QED) is 0.423. The highest BCUT2D eigenvalue weighted by Crippen LogP contribution is 2.36. The second kappa shape index (κ2) is 11.1. The largest absolute Gasteiger partial charge is 0.573 e. The zero-order valence-corrected chi connectivity index (χ0v) is 21.2. The molecule has 6 nitrogen and oxygen atoms in total. The number of urea groups is 1. The molecule has 2 amide bonds. The molecule has 0 N–H and O–H groups in total. The van der Waals surface area contributed by atoms with Crippen molar-refractivity contribution in [2.75, 3.05) is 26.2 Å². The van der Waals surface area contributed by atoms with Crippen molar-refractivity contribution in [3.63, 3.8) is 0 Å². The van der Waals surface area contributed by atoms with E-state index in [4.69, 9.17) is 4.99 Å². The Kier molecular flexibility index (Phi) is 7.60. The van der Waals surface area contributed by atoms with Crippen LogP contribution in [0, 0.1) is 29.0 Å². The predicted molar refractivity (Wildman–Crippen MR) is 137 cm³/mol. The lowest BCUT2D eigenvalue weighted by atomic mass is 9.81. The maximum absolute atomic E-state index is 13.8. The van der Waals surface area contributed by atoms with Crippen LogP contribution >= 0.6 is 0 Å². The molecule has 39 heavy (non-hydrogen) atoms. The normalized spacial score (nSPS) is 22.2. The minimum absolute atomic E-state index is 0.0477. The van der Waals surface area contributed by atoms with Crippen LogP contribution in [0.5, 0.6) is 5.75 Å². The molecule has 2 fully saturated rings. The number of allylic oxidation sites excluding steroid dienone is 1. The van der Waals surface area contributed by atoms with Crippen molar-refractivity contribution in [2.24, 2.45) is 16.8 Å². The number of amides is 2. The first kappa shape index (κ1) is 26.7. The minimum Gasteiger partial charge on any atom is -0.406 e. The van der Waals surface area contributed by atoms with E-state index >= 15 is 0 Å². The molecule has 2 aromatic carbocycles. The van der Waals surface area contributed by atoms with Crippen molar-refractivity contribution >= 4 is 17.4 Å². The number of hydrogen-bond acceptors (Lipinski definition) is 4. The monoisotopic (exact) mass is 540 g/mol. The highest BCUT2D eigenvalue weighted by atomic mass is 19.4. The summed E-state index contributed by atoms with van der Waals surface area (Å²) in [5, 5.41) is 9.21. The molecular formula is C29H28F4N4O2. The number of alkyl halides is 3. The molecule has 0 radical (unpaired) electrons. The Labute approximate surface area is 224 Å². The number of ether oxygens (including phenoxy) is 1. The Balaban J connectivity index is 1.37. The van der Waals surface area contributed by atoms with E-state index in [0.29, 0.717) is 63.1 Å². The summed E-state index contributed by atoms with van der Waals surface area (Å²) >= 11 is 0. The first-order valence-corrected chi connectivity index (χ1v) is 13.0. The lowest BCUT2D eigenvalue weighted by Crippen LogP contribution is -2.52. The standard InChI is InChI=1S/C29H28F4N4O2/c30-24-3-1-2-21(15-24)26-8-9-27(35-26)23-14-22(20-4-6-25(7-5-20)39-29(31,32)33)17-37(18-23)28(38)36-12-10-19(16-34)11-13-36/h1-8,15,19,22-23H,9-14,17-18H2. The van der Waals surface area contributed by atoms with Crippen molar-refractivity contribution in [1.82, 2.24) is 9.80 Å². The average Bonchev–Trinajstić information content (AvgIpc) is 3.43. The number of carbonyl (C=O) groups excluding carboxylic acids is 1. The number of aliphatic imine (C=N–C) groups is 1. The molecular weight excluding hydrogens is 512 g/mol. The van der Waals surface area contributed by atoms with Crippen molar-refractivity contribution < 1.29 is 27.1 Å². The molecule has 2 aromatic rings. The van der Waals surface area contributed by atoms with E-state index < -0.39 is 6.36 Å². The molecule has 3 heterocycles. The van der Waals surface area contributed by atoms with Gasteiger partial charge in [0.05, 0.1) is 11.8 Å². The molecule has 0 aromatic heterocycles. The van der Waals surface area contributed by atoms with Crippen molar-refractivity contribution in [3.8, 4) is 11.8 Å². The van der Waals surface area contributed by atoms with Crippen LogP contribution in [0.4, 0.5) is 22.4 Å². The van der Waals surface area contributed by atoms with Gasteiger partial charge in [0.15, 0.2) is 0 Å². The Morgan fingerprint density at radius 1 is 1.03 bits per heavy atom. The van der Waals surface area contributed by atoms with Crippen LogP contribution in [-0.2, 0) is 0 Å². The van der Waals surface area contributed by atoms with E-state index in [9.17, 15) is 27.6 Å². The molecule has 2 atom stereocenters. The van der Waals surface area contributed by atoms with E-state index in [1.165, 1.54) is 24.3 Å². The van der Waals surface area contributed by atoms with Gasteiger partial charge in [-0.2, -0.15) is 5.26 Å². The fourth-order valence-corrected chi connectivity index (χ4v) is 5.62. The smallest absolute Gasteiger partial charge is 0.406 e. The zero-order chi connectivity index (χ0) is 27.6. The topological polar surface area (TPSA) is 68.9 Å². The molecule has 10 heteroatoms. The second-order valence-electron chi connectivity index (χ2n) is 10.2. The number of carbonyl (C=O) groups is 1. The summed E-state index contributed by atoms with van der Waals surface area (Å²) in [7, 11) is 0. The van der Waals surface area contributed by atoms with Crippen molar-refractivity contribution in [3.05, 3.63) is 71.6 Å². The van der Waals surface area contributed by atoms with Crippen molar-refractivity contribution in [1.29, 1.82) is 5.26 Å². The second-order valence-corrected chi connectivity index (χ2v) is 10.2. The van der Waals surface area contributed by atoms with Crippen LogP contribution < -0.4 is 4.74 Å². The van der Waals surface area contributed by atoms with Gasteiger partial charge in [-0.3, -0.25) is 4.99 Å². The molecule has 0 bridgehead atoms. The third-order valence-electron chi connectivity index (χ3n) is 7.61. The fraction of sp³-hybridized carbons (Fsp3) is 0.414. The number of likely N-dealkylation sites (tertiary alicyclic amines) is 2. The van der Waals surface area contributed by atoms with E-state index in [2.05, 4.69) is 10.8 Å². The van der Waals surface area contributed by atoms with Gasteiger partial charge in [0.2, 0.25) is 0 Å². The summed E-state index contributed by atoms with van der Waals surface area (Å²) in [6, 6.07) is 14.2. The number of nitrogens with zero attached hydrogens (tertiary/aromatic N) is 4. The minimum atomic E-state index is -4.77.